The molecule has 6 heteroatoms. The van der Waals surface area contributed by atoms with E-state index >= 15 is 0 Å². The molecule has 0 aliphatic carbocycles. The molecule has 1 aromatic rings. The zero-order valence-electron chi connectivity index (χ0n) is 9.55. The average molecular weight is 248 g/mol. The van der Waals surface area contributed by atoms with Crippen molar-refractivity contribution in [3.8, 4) is 5.88 Å². The highest BCUT2D eigenvalue weighted by molar-refractivity contribution is 5.27. The third-order valence-electron chi connectivity index (χ3n) is 2.14. The van der Waals surface area contributed by atoms with Gasteiger partial charge in [0.15, 0.2) is 0 Å². The molecule has 96 valence electrons. The number of nitrogens with two attached hydrogens (primary N) is 1. The van der Waals surface area contributed by atoms with Crippen LogP contribution in [0, 0.1) is 6.92 Å². The van der Waals surface area contributed by atoms with Crippen molar-refractivity contribution in [1.29, 1.82) is 0 Å². The Morgan fingerprint density at radius 1 is 1.35 bits per heavy atom. The lowest BCUT2D eigenvalue weighted by Crippen LogP contribution is -2.11. The number of aryl methyl sites for hydroxylation is 1. The Kier molecular flexibility index (Phi) is 4.74. The zero-order chi connectivity index (χ0) is 12.9. The molecule has 1 rings (SSSR count). The zero-order valence-corrected chi connectivity index (χ0v) is 9.55. The number of nitrogens with zero attached hydrogens (tertiary/aromatic N) is 1. The average Bonchev–Trinajstić information content (AvgIpc) is 2.23. The first kappa shape index (κ1) is 13.8. The standard InChI is InChI=1S/C11H15F3N2O/c1-8-3-4-9(7-15)10(16-8)17-6-2-5-11(12,13)14/h3-4H,2,5-7,15H2,1H3. The fraction of sp³-hybridized carbons (Fsp3) is 0.545. The summed E-state index contributed by atoms with van der Waals surface area (Å²) in [7, 11) is 0. The molecular weight excluding hydrogens is 233 g/mol. The second-order valence-corrected chi connectivity index (χ2v) is 3.69. The Hall–Kier alpha value is -1.30. The molecule has 0 aromatic carbocycles. The lowest BCUT2D eigenvalue weighted by atomic mass is 10.2. The predicted octanol–water partition coefficient (Wildman–Crippen LogP) is 2.57. The van der Waals surface area contributed by atoms with Gasteiger partial charge >= 0.3 is 6.18 Å². The molecule has 0 saturated carbocycles. The Morgan fingerprint density at radius 3 is 2.65 bits per heavy atom. The number of pyridine rings is 1. The molecule has 0 amide bonds. The second-order valence-electron chi connectivity index (χ2n) is 3.69. The van der Waals surface area contributed by atoms with Crippen LogP contribution >= 0.6 is 0 Å². The van der Waals surface area contributed by atoms with Crippen molar-refractivity contribution in [2.75, 3.05) is 6.61 Å². The molecule has 0 radical (unpaired) electrons. The van der Waals surface area contributed by atoms with Gasteiger partial charge in [0.2, 0.25) is 5.88 Å². The lowest BCUT2D eigenvalue weighted by molar-refractivity contribution is -0.136. The van der Waals surface area contributed by atoms with Gasteiger partial charge in [-0.1, -0.05) is 6.07 Å². The fourth-order valence-electron chi connectivity index (χ4n) is 1.28. The smallest absolute Gasteiger partial charge is 0.389 e. The molecule has 1 heterocycles. The van der Waals surface area contributed by atoms with Crippen molar-refractivity contribution in [1.82, 2.24) is 4.98 Å². The van der Waals surface area contributed by atoms with Crippen molar-refractivity contribution in [3.05, 3.63) is 23.4 Å². The van der Waals surface area contributed by atoms with E-state index in [0.717, 1.165) is 5.69 Å². The fourth-order valence-corrected chi connectivity index (χ4v) is 1.28. The predicted molar refractivity (Wildman–Crippen MR) is 57.6 cm³/mol. The summed E-state index contributed by atoms with van der Waals surface area (Å²) < 4.78 is 40.9. The summed E-state index contributed by atoms with van der Waals surface area (Å²) in [5, 5.41) is 0. The van der Waals surface area contributed by atoms with Gasteiger partial charge in [-0.25, -0.2) is 4.98 Å². The summed E-state index contributed by atoms with van der Waals surface area (Å²) in [6, 6.07) is 3.55. The maximum Gasteiger partial charge on any atom is 0.389 e. The van der Waals surface area contributed by atoms with Gasteiger partial charge in [-0.05, 0) is 19.4 Å². The van der Waals surface area contributed by atoms with Gasteiger partial charge in [-0.3, -0.25) is 0 Å². The van der Waals surface area contributed by atoms with E-state index < -0.39 is 12.6 Å². The van der Waals surface area contributed by atoms with Crippen LogP contribution in [0.25, 0.3) is 0 Å². The van der Waals surface area contributed by atoms with Crippen molar-refractivity contribution in [2.45, 2.75) is 32.5 Å². The Morgan fingerprint density at radius 2 is 2.06 bits per heavy atom. The van der Waals surface area contributed by atoms with E-state index in [-0.39, 0.29) is 19.6 Å². The third-order valence-corrected chi connectivity index (χ3v) is 2.14. The molecule has 0 saturated heterocycles. The topological polar surface area (TPSA) is 48.1 Å². The van der Waals surface area contributed by atoms with Crippen LogP contribution in [-0.2, 0) is 6.54 Å². The van der Waals surface area contributed by atoms with Gasteiger partial charge in [0.05, 0.1) is 6.61 Å². The molecule has 0 spiro atoms. The minimum atomic E-state index is -4.14. The quantitative estimate of drug-likeness (QED) is 0.815. The van der Waals surface area contributed by atoms with Crippen LogP contribution in [0.2, 0.25) is 0 Å². The van der Waals surface area contributed by atoms with E-state index in [1.165, 1.54) is 0 Å². The molecule has 0 aliphatic heterocycles. The number of rotatable bonds is 5. The van der Waals surface area contributed by atoms with Crippen molar-refractivity contribution in [2.24, 2.45) is 5.73 Å². The number of hydrogen-bond donors (Lipinski definition) is 1. The van der Waals surface area contributed by atoms with E-state index in [4.69, 9.17) is 10.5 Å². The summed E-state index contributed by atoms with van der Waals surface area (Å²) in [6.45, 7) is 2.02. The van der Waals surface area contributed by atoms with Crippen LogP contribution in [0.4, 0.5) is 13.2 Å². The van der Waals surface area contributed by atoms with E-state index in [2.05, 4.69) is 4.98 Å². The first-order valence-electron chi connectivity index (χ1n) is 5.28. The molecular formula is C11H15F3N2O. The summed E-state index contributed by atoms with van der Waals surface area (Å²) >= 11 is 0. The molecule has 0 aliphatic rings. The van der Waals surface area contributed by atoms with Crippen LogP contribution in [0.1, 0.15) is 24.1 Å². The molecule has 0 bridgehead atoms. The summed E-state index contributed by atoms with van der Waals surface area (Å²) in [4.78, 5) is 4.09. The highest BCUT2D eigenvalue weighted by Crippen LogP contribution is 2.22. The summed E-state index contributed by atoms with van der Waals surface area (Å²) in [5.74, 6) is 0.328. The number of halogens is 3. The lowest BCUT2D eigenvalue weighted by Gasteiger charge is -2.10. The highest BCUT2D eigenvalue weighted by Gasteiger charge is 2.26. The Labute approximate surface area is 97.8 Å². The van der Waals surface area contributed by atoms with Gasteiger partial charge in [0.1, 0.15) is 0 Å². The minimum absolute atomic E-state index is 0.0109. The second kappa shape index (κ2) is 5.86. The third kappa shape index (κ3) is 5.04. The number of ether oxygens (including phenoxy) is 1. The molecule has 0 atom stereocenters. The summed E-state index contributed by atoms with van der Waals surface area (Å²) in [6.07, 6.45) is -5.07. The first-order valence-corrected chi connectivity index (χ1v) is 5.28. The maximum absolute atomic E-state index is 11.9. The number of alkyl halides is 3. The minimum Gasteiger partial charge on any atom is -0.477 e. The normalized spacial score (nSPS) is 11.6. The monoisotopic (exact) mass is 248 g/mol. The highest BCUT2D eigenvalue weighted by atomic mass is 19.4. The molecule has 1 aromatic heterocycles. The van der Waals surface area contributed by atoms with E-state index in [9.17, 15) is 13.2 Å². The van der Waals surface area contributed by atoms with Crippen LogP contribution < -0.4 is 10.5 Å². The SMILES string of the molecule is Cc1ccc(CN)c(OCCCC(F)(F)F)n1. The summed E-state index contributed by atoms with van der Waals surface area (Å²) in [5.41, 5.74) is 6.91. The molecule has 2 N–H and O–H groups in total. The molecule has 17 heavy (non-hydrogen) atoms. The van der Waals surface area contributed by atoms with Gasteiger partial charge in [0, 0.05) is 24.2 Å². The van der Waals surface area contributed by atoms with Gasteiger partial charge in [0.25, 0.3) is 0 Å². The molecule has 0 unspecified atom stereocenters. The Bertz CT molecular complexity index is 366. The van der Waals surface area contributed by atoms with Crippen LogP contribution in [-0.4, -0.2) is 17.8 Å². The maximum atomic E-state index is 11.9. The van der Waals surface area contributed by atoms with Crippen LogP contribution in [0.15, 0.2) is 12.1 Å². The van der Waals surface area contributed by atoms with E-state index in [1.807, 2.05) is 0 Å². The first-order chi connectivity index (χ1) is 7.92. The van der Waals surface area contributed by atoms with E-state index in [1.54, 1.807) is 19.1 Å². The Balaban J connectivity index is 2.48. The van der Waals surface area contributed by atoms with Crippen molar-refractivity contribution < 1.29 is 17.9 Å². The molecule has 3 nitrogen and oxygen atoms in total. The van der Waals surface area contributed by atoms with Gasteiger partial charge in [-0.15, -0.1) is 0 Å². The van der Waals surface area contributed by atoms with Crippen LogP contribution in [0.3, 0.4) is 0 Å². The van der Waals surface area contributed by atoms with Crippen molar-refractivity contribution >= 4 is 0 Å². The van der Waals surface area contributed by atoms with Crippen molar-refractivity contribution in [3.63, 3.8) is 0 Å². The molecule has 0 fully saturated rings. The largest absolute Gasteiger partial charge is 0.477 e. The van der Waals surface area contributed by atoms with E-state index in [0.29, 0.717) is 11.4 Å². The number of hydrogen-bond acceptors (Lipinski definition) is 3. The van der Waals surface area contributed by atoms with Crippen LogP contribution in [0.5, 0.6) is 5.88 Å². The van der Waals surface area contributed by atoms with Gasteiger partial charge < -0.3 is 10.5 Å². The number of aromatic nitrogens is 1. The van der Waals surface area contributed by atoms with Gasteiger partial charge in [-0.2, -0.15) is 13.2 Å².